The predicted octanol–water partition coefficient (Wildman–Crippen LogP) is 1.13. The molecule has 0 aliphatic carbocycles. The van der Waals surface area contributed by atoms with Crippen LogP contribution in [0.5, 0.6) is 0 Å². The third-order valence-corrected chi connectivity index (χ3v) is 2.90. The van der Waals surface area contributed by atoms with Crippen molar-refractivity contribution in [2.45, 2.75) is 18.7 Å². The molecule has 0 saturated carbocycles. The Bertz CT molecular complexity index is 437. The van der Waals surface area contributed by atoms with E-state index in [0.717, 1.165) is 5.56 Å². The van der Waals surface area contributed by atoms with Crippen molar-refractivity contribution in [1.82, 2.24) is 0 Å². The van der Waals surface area contributed by atoms with Gasteiger partial charge in [0.25, 0.3) is 10.1 Å². The Kier molecular flexibility index (Phi) is 2.32. The maximum Gasteiger partial charge on any atom is 0.294 e. The van der Waals surface area contributed by atoms with Gasteiger partial charge >= 0.3 is 0 Å². The second-order valence-corrected chi connectivity index (χ2v) is 4.33. The Hall–Kier alpha value is -1.07. The van der Waals surface area contributed by atoms with Crippen LogP contribution in [0.2, 0.25) is 0 Å². The molecule has 0 aliphatic heterocycles. The van der Waals surface area contributed by atoms with Gasteiger partial charge in [-0.1, -0.05) is 0 Å². The van der Waals surface area contributed by atoms with E-state index in [0.29, 0.717) is 11.3 Å². The summed E-state index contributed by atoms with van der Waals surface area (Å²) in [4.78, 5) is -0.120. The topological polar surface area (TPSA) is 80.4 Å². The number of rotatable bonds is 1. The Balaban J connectivity index is 3.56. The van der Waals surface area contributed by atoms with Crippen molar-refractivity contribution in [3.63, 3.8) is 0 Å². The van der Waals surface area contributed by atoms with Crippen molar-refractivity contribution in [2.24, 2.45) is 0 Å². The first-order valence-electron chi connectivity index (χ1n) is 3.66. The summed E-state index contributed by atoms with van der Waals surface area (Å²) in [6, 6.07) is 2.90. The van der Waals surface area contributed by atoms with Crippen molar-refractivity contribution in [2.75, 3.05) is 5.73 Å². The molecule has 0 heterocycles. The highest BCUT2D eigenvalue weighted by atomic mass is 32.2. The fraction of sp³-hybridized carbons (Fsp3) is 0.250. The summed E-state index contributed by atoms with van der Waals surface area (Å²) in [5.74, 6) is 0. The number of benzene rings is 1. The van der Waals surface area contributed by atoms with Gasteiger partial charge in [-0.15, -0.1) is 0 Å². The number of hydrogen-bond acceptors (Lipinski definition) is 3. The van der Waals surface area contributed by atoms with Gasteiger partial charge in [0, 0.05) is 5.69 Å². The predicted molar refractivity (Wildman–Crippen MR) is 50.1 cm³/mol. The lowest BCUT2D eigenvalue weighted by Gasteiger charge is -2.06. The van der Waals surface area contributed by atoms with E-state index in [2.05, 4.69) is 0 Å². The largest absolute Gasteiger partial charge is 0.399 e. The zero-order chi connectivity index (χ0) is 10.2. The summed E-state index contributed by atoms with van der Waals surface area (Å²) in [6.45, 7) is 3.36. The van der Waals surface area contributed by atoms with Crippen molar-refractivity contribution < 1.29 is 13.0 Å². The molecule has 1 aromatic carbocycles. The third kappa shape index (κ3) is 1.99. The molecule has 5 heteroatoms. The van der Waals surface area contributed by atoms with E-state index in [-0.39, 0.29) is 4.90 Å². The van der Waals surface area contributed by atoms with Crippen LogP contribution in [0.4, 0.5) is 5.69 Å². The lowest BCUT2D eigenvalue weighted by atomic mass is 10.1. The average molecular weight is 201 g/mol. The smallest absolute Gasteiger partial charge is 0.294 e. The van der Waals surface area contributed by atoms with Gasteiger partial charge < -0.3 is 5.73 Å². The van der Waals surface area contributed by atoms with Crippen LogP contribution in [0.3, 0.4) is 0 Å². The molecule has 0 atom stereocenters. The average Bonchev–Trinajstić information content (AvgIpc) is 1.94. The first-order valence-corrected chi connectivity index (χ1v) is 5.10. The molecule has 1 aromatic rings. The molecule has 72 valence electrons. The second kappa shape index (κ2) is 3.01. The molecule has 4 nitrogen and oxygen atoms in total. The molecule has 13 heavy (non-hydrogen) atoms. The van der Waals surface area contributed by atoms with Gasteiger partial charge in [0.1, 0.15) is 0 Å². The fourth-order valence-corrected chi connectivity index (χ4v) is 1.95. The van der Waals surface area contributed by atoms with Crippen LogP contribution >= 0.6 is 0 Å². The van der Waals surface area contributed by atoms with Gasteiger partial charge in [0.2, 0.25) is 0 Å². The molecule has 0 fully saturated rings. The summed E-state index contributed by atoms with van der Waals surface area (Å²) in [7, 11) is -4.16. The molecule has 0 aliphatic rings. The van der Waals surface area contributed by atoms with E-state index in [1.54, 1.807) is 19.9 Å². The minimum absolute atomic E-state index is 0.120. The summed E-state index contributed by atoms with van der Waals surface area (Å²) in [5, 5.41) is 0. The van der Waals surface area contributed by atoms with Gasteiger partial charge in [-0.05, 0) is 37.1 Å². The number of aryl methyl sites for hydroxylation is 1. The normalized spacial score (nSPS) is 11.6. The van der Waals surface area contributed by atoms with Gasteiger partial charge in [0.05, 0.1) is 4.90 Å². The fourth-order valence-electron chi connectivity index (χ4n) is 1.12. The molecular weight excluding hydrogens is 190 g/mol. The van der Waals surface area contributed by atoms with Gasteiger partial charge in [-0.2, -0.15) is 8.42 Å². The molecule has 0 unspecified atom stereocenters. The third-order valence-electron chi connectivity index (χ3n) is 1.92. The van der Waals surface area contributed by atoms with Gasteiger partial charge in [0.15, 0.2) is 0 Å². The lowest BCUT2D eigenvalue weighted by molar-refractivity contribution is 0.482. The summed E-state index contributed by atoms with van der Waals surface area (Å²) < 4.78 is 30.6. The number of anilines is 1. The monoisotopic (exact) mass is 201 g/mol. The van der Waals surface area contributed by atoms with E-state index < -0.39 is 10.1 Å². The van der Waals surface area contributed by atoms with E-state index in [4.69, 9.17) is 10.3 Å². The number of hydrogen-bond donors (Lipinski definition) is 2. The molecule has 0 saturated heterocycles. The maximum atomic E-state index is 10.9. The Morgan fingerprint density at radius 3 is 2.31 bits per heavy atom. The molecular formula is C8H11NO3S. The van der Waals surface area contributed by atoms with E-state index >= 15 is 0 Å². The van der Waals surface area contributed by atoms with Gasteiger partial charge in [-0.3, -0.25) is 4.55 Å². The first kappa shape index (κ1) is 10.0. The van der Waals surface area contributed by atoms with Crippen molar-refractivity contribution in [3.8, 4) is 0 Å². The molecule has 3 N–H and O–H groups in total. The van der Waals surface area contributed by atoms with Gasteiger partial charge in [-0.25, -0.2) is 0 Å². The maximum absolute atomic E-state index is 10.9. The zero-order valence-electron chi connectivity index (χ0n) is 7.40. The highest BCUT2D eigenvalue weighted by Crippen LogP contribution is 2.21. The Labute approximate surface area is 77.1 Å². The van der Waals surface area contributed by atoms with E-state index in [1.165, 1.54) is 6.07 Å². The summed E-state index contributed by atoms with van der Waals surface area (Å²) >= 11 is 0. The van der Waals surface area contributed by atoms with Crippen LogP contribution in [0.1, 0.15) is 11.1 Å². The second-order valence-electron chi connectivity index (χ2n) is 2.94. The van der Waals surface area contributed by atoms with Crippen molar-refractivity contribution in [1.29, 1.82) is 0 Å². The lowest BCUT2D eigenvalue weighted by Crippen LogP contribution is -2.03. The summed E-state index contributed by atoms with van der Waals surface area (Å²) in [6.07, 6.45) is 0. The van der Waals surface area contributed by atoms with Crippen LogP contribution in [-0.4, -0.2) is 13.0 Å². The van der Waals surface area contributed by atoms with Crippen LogP contribution in [0.15, 0.2) is 17.0 Å². The zero-order valence-corrected chi connectivity index (χ0v) is 8.22. The quantitative estimate of drug-likeness (QED) is 0.527. The Morgan fingerprint density at radius 1 is 1.31 bits per heavy atom. The molecule has 0 bridgehead atoms. The SMILES string of the molecule is Cc1cc(N)cc(S(=O)(=O)O)c1C. The molecule has 0 spiro atoms. The molecule has 0 amide bonds. The molecule has 0 aromatic heterocycles. The number of nitrogen functional groups attached to an aromatic ring is 1. The van der Waals surface area contributed by atoms with Crippen LogP contribution in [0.25, 0.3) is 0 Å². The van der Waals surface area contributed by atoms with E-state index in [1.807, 2.05) is 0 Å². The van der Waals surface area contributed by atoms with E-state index in [9.17, 15) is 8.42 Å². The minimum Gasteiger partial charge on any atom is -0.399 e. The van der Waals surface area contributed by atoms with Crippen LogP contribution in [-0.2, 0) is 10.1 Å². The van der Waals surface area contributed by atoms with Crippen molar-refractivity contribution >= 4 is 15.8 Å². The highest BCUT2D eigenvalue weighted by molar-refractivity contribution is 7.85. The number of nitrogens with two attached hydrogens (primary N) is 1. The minimum atomic E-state index is -4.16. The first-order chi connectivity index (χ1) is 5.82. The summed E-state index contributed by atoms with van der Waals surface area (Å²) in [5.41, 5.74) is 7.05. The molecule has 0 radical (unpaired) electrons. The van der Waals surface area contributed by atoms with Crippen LogP contribution < -0.4 is 5.73 Å². The standard InChI is InChI=1S/C8H11NO3S/c1-5-3-7(9)4-8(6(5)2)13(10,11)12/h3-4H,9H2,1-2H3,(H,10,11,12). The highest BCUT2D eigenvalue weighted by Gasteiger charge is 2.14. The van der Waals surface area contributed by atoms with Crippen molar-refractivity contribution in [3.05, 3.63) is 23.3 Å². The van der Waals surface area contributed by atoms with Crippen LogP contribution in [0, 0.1) is 13.8 Å². The molecule has 1 rings (SSSR count). The Morgan fingerprint density at radius 2 is 1.85 bits per heavy atom.